The van der Waals surface area contributed by atoms with Crippen LogP contribution in [0.2, 0.25) is 0 Å². The Balaban J connectivity index is 2.88. The molecule has 0 amide bonds. The maximum Gasteiger partial charge on any atom is 0.327 e. The highest BCUT2D eigenvalue weighted by molar-refractivity contribution is 9.11. The van der Waals surface area contributed by atoms with Crippen molar-refractivity contribution in [2.75, 3.05) is 6.61 Å². The highest BCUT2D eigenvalue weighted by Gasteiger charge is 2.24. The summed E-state index contributed by atoms with van der Waals surface area (Å²) in [7, 11) is 0. The number of carboxylic acid groups (broad SMARTS) is 1. The van der Waals surface area contributed by atoms with Crippen LogP contribution in [0.15, 0.2) is 33.2 Å². The van der Waals surface area contributed by atoms with Crippen molar-refractivity contribution in [3.8, 4) is 5.75 Å². The van der Waals surface area contributed by atoms with Gasteiger partial charge in [0.05, 0.1) is 10.6 Å². The largest absolute Gasteiger partial charge is 0.506 e. The molecule has 0 saturated heterocycles. The van der Waals surface area contributed by atoms with Crippen LogP contribution in [-0.2, 0) is 9.53 Å². The number of halogens is 2. The molecule has 0 bridgehead atoms. The molecule has 0 spiro atoms. The summed E-state index contributed by atoms with van der Waals surface area (Å²) >= 11 is 6.54. The summed E-state index contributed by atoms with van der Waals surface area (Å²) in [5.74, 6) is -1.05. The van der Waals surface area contributed by atoms with Crippen LogP contribution in [0.1, 0.15) is 31.4 Å². The standard InChI is InChI=1S/C15H18Br2O5/c1-2-22-12(5-3-4-6-13(18)19)15(21)10-7-9(16)8-11(17)14(10)20/h4,6-8,12,15,20-21H,2-3,5H2,1H3,(H,18,19)/b6-4+/t12-,15-/m1/s1. The first-order valence-electron chi connectivity index (χ1n) is 6.73. The molecule has 2 atom stereocenters. The Labute approximate surface area is 145 Å². The number of carboxylic acids is 1. The minimum atomic E-state index is -1.02. The van der Waals surface area contributed by atoms with Gasteiger partial charge in [0, 0.05) is 22.7 Å². The van der Waals surface area contributed by atoms with E-state index < -0.39 is 18.2 Å². The fourth-order valence-corrected chi connectivity index (χ4v) is 3.26. The summed E-state index contributed by atoms with van der Waals surface area (Å²) in [6, 6.07) is 3.31. The SMILES string of the molecule is CCO[C@H](CC/C=C/C(=O)O)[C@H](O)c1cc(Br)cc(Br)c1O. The number of allylic oxidation sites excluding steroid dienone is 1. The minimum absolute atomic E-state index is 0.0403. The van der Waals surface area contributed by atoms with Crippen LogP contribution in [0.3, 0.4) is 0 Å². The fraction of sp³-hybridized carbons (Fsp3) is 0.400. The number of aliphatic carboxylic acids is 1. The van der Waals surface area contributed by atoms with Gasteiger partial charge in [0.25, 0.3) is 0 Å². The van der Waals surface area contributed by atoms with Crippen LogP contribution in [-0.4, -0.2) is 34.0 Å². The lowest BCUT2D eigenvalue weighted by molar-refractivity contribution is -0.131. The van der Waals surface area contributed by atoms with E-state index in [1.807, 2.05) is 6.92 Å². The van der Waals surface area contributed by atoms with Crippen LogP contribution < -0.4 is 0 Å². The summed E-state index contributed by atoms with van der Waals surface area (Å²) < 4.78 is 6.71. The molecule has 122 valence electrons. The van der Waals surface area contributed by atoms with Crippen molar-refractivity contribution in [1.82, 2.24) is 0 Å². The number of carbonyl (C=O) groups is 1. The Morgan fingerprint density at radius 1 is 1.41 bits per heavy atom. The summed E-state index contributed by atoms with van der Waals surface area (Å²) in [4.78, 5) is 10.4. The van der Waals surface area contributed by atoms with Crippen molar-refractivity contribution < 1.29 is 24.9 Å². The lowest BCUT2D eigenvalue weighted by atomic mass is 9.99. The van der Waals surface area contributed by atoms with Crippen LogP contribution in [0.4, 0.5) is 0 Å². The van der Waals surface area contributed by atoms with E-state index in [9.17, 15) is 15.0 Å². The van der Waals surface area contributed by atoms with E-state index in [1.54, 1.807) is 12.1 Å². The molecule has 0 fully saturated rings. The van der Waals surface area contributed by atoms with Crippen LogP contribution in [0.5, 0.6) is 5.75 Å². The van der Waals surface area contributed by atoms with E-state index in [-0.39, 0.29) is 5.75 Å². The quantitative estimate of drug-likeness (QED) is 0.538. The van der Waals surface area contributed by atoms with Gasteiger partial charge in [-0.2, -0.15) is 0 Å². The Hall–Kier alpha value is -0.890. The average molecular weight is 438 g/mol. The number of hydrogen-bond donors (Lipinski definition) is 3. The number of rotatable bonds is 8. The molecule has 7 heteroatoms. The van der Waals surface area contributed by atoms with Gasteiger partial charge in [-0.1, -0.05) is 22.0 Å². The molecular weight excluding hydrogens is 420 g/mol. The zero-order chi connectivity index (χ0) is 16.7. The lowest BCUT2D eigenvalue weighted by Gasteiger charge is -2.24. The maximum absolute atomic E-state index is 10.5. The van der Waals surface area contributed by atoms with E-state index in [2.05, 4.69) is 31.9 Å². The Bertz CT molecular complexity index is 545. The predicted molar refractivity (Wildman–Crippen MR) is 89.9 cm³/mol. The van der Waals surface area contributed by atoms with Gasteiger partial charge in [-0.25, -0.2) is 4.79 Å². The molecule has 0 saturated carbocycles. The Morgan fingerprint density at radius 2 is 2.09 bits per heavy atom. The molecule has 0 aliphatic rings. The third kappa shape index (κ3) is 5.72. The molecule has 22 heavy (non-hydrogen) atoms. The van der Waals surface area contributed by atoms with Gasteiger partial charge >= 0.3 is 5.97 Å². The second-order valence-electron chi connectivity index (χ2n) is 4.58. The van der Waals surface area contributed by atoms with Gasteiger partial charge in [-0.15, -0.1) is 0 Å². The molecular formula is C15H18Br2O5. The molecule has 3 N–H and O–H groups in total. The Morgan fingerprint density at radius 3 is 2.68 bits per heavy atom. The molecule has 0 aromatic heterocycles. The van der Waals surface area contributed by atoms with E-state index in [0.29, 0.717) is 34.0 Å². The van der Waals surface area contributed by atoms with Crippen LogP contribution >= 0.6 is 31.9 Å². The van der Waals surface area contributed by atoms with Gasteiger partial charge in [-0.05, 0) is 47.8 Å². The average Bonchev–Trinajstić information content (AvgIpc) is 2.45. The first kappa shape index (κ1) is 19.2. The number of ether oxygens (including phenoxy) is 1. The molecule has 5 nitrogen and oxygen atoms in total. The van der Waals surface area contributed by atoms with Crippen molar-refractivity contribution in [1.29, 1.82) is 0 Å². The minimum Gasteiger partial charge on any atom is -0.506 e. The predicted octanol–water partition coefficient (Wildman–Crippen LogP) is 3.78. The van der Waals surface area contributed by atoms with Gasteiger partial charge in [0.1, 0.15) is 11.9 Å². The van der Waals surface area contributed by atoms with Crippen molar-refractivity contribution in [3.63, 3.8) is 0 Å². The molecule has 0 radical (unpaired) electrons. The first-order valence-corrected chi connectivity index (χ1v) is 8.32. The zero-order valence-corrected chi connectivity index (χ0v) is 15.2. The van der Waals surface area contributed by atoms with E-state index in [4.69, 9.17) is 9.84 Å². The van der Waals surface area contributed by atoms with Gasteiger partial charge < -0.3 is 20.1 Å². The fourth-order valence-electron chi connectivity index (χ4n) is 2.00. The van der Waals surface area contributed by atoms with E-state index in [1.165, 1.54) is 6.08 Å². The second kappa shape index (κ2) is 9.29. The van der Waals surface area contributed by atoms with Crippen LogP contribution in [0.25, 0.3) is 0 Å². The maximum atomic E-state index is 10.5. The van der Waals surface area contributed by atoms with Crippen LogP contribution in [0, 0.1) is 0 Å². The molecule has 0 unspecified atom stereocenters. The van der Waals surface area contributed by atoms with Crippen molar-refractivity contribution in [2.24, 2.45) is 0 Å². The van der Waals surface area contributed by atoms with Gasteiger partial charge in [-0.3, -0.25) is 0 Å². The van der Waals surface area contributed by atoms with Gasteiger partial charge in [0.2, 0.25) is 0 Å². The highest BCUT2D eigenvalue weighted by Crippen LogP contribution is 2.37. The highest BCUT2D eigenvalue weighted by atomic mass is 79.9. The number of aromatic hydroxyl groups is 1. The monoisotopic (exact) mass is 436 g/mol. The summed E-state index contributed by atoms with van der Waals surface area (Å²) in [6.45, 7) is 2.21. The topological polar surface area (TPSA) is 87.0 Å². The molecule has 0 heterocycles. The molecule has 1 aromatic carbocycles. The van der Waals surface area contributed by atoms with E-state index >= 15 is 0 Å². The number of aliphatic hydroxyl groups excluding tert-OH is 1. The molecule has 0 aliphatic carbocycles. The van der Waals surface area contributed by atoms with Gasteiger partial charge in [0.15, 0.2) is 0 Å². The van der Waals surface area contributed by atoms with Crippen molar-refractivity contribution in [2.45, 2.75) is 32.0 Å². The molecule has 0 aliphatic heterocycles. The summed E-state index contributed by atoms with van der Waals surface area (Å²) in [6.07, 6.45) is 1.88. The number of phenols is 1. The number of hydrogen-bond acceptors (Lipinski definition) is 4. The Kier molecular flexibility index (Phi) is 8.09. The zero-order valence-electron chi connectivity index (χ0n) is 12.0. The molecule has 1 aromatic rings. The van der Waals surface area contributed by atoms with Crippen molar-refractivity contribution in [3.05, 3.63) is 38.8 Å². The normalized spacial score (nSPS) is 14.2. The first-order chi connectivity index (χ1) is 10.4. The smallest absolute Gasteiger partial charge is 0.327 e. The molecule has 1 rings (SSSR count). The third-order valence-corrected chi connectivity index (χ3v) is 4.05. The number of phenolic OH excluding ortho intramolecular Hbond substituents is 1. The van der Waals surface area contributed by atoms with Crippen molar-refractivity contribution >= 4 is 37.8 Å². The second-order valence-corrected chi connectivity index (χ2v) is 6.35. The summed E-state index contributed by atoms with van der Waals surface area (Å²) in [5, 5.41) is 29.1. The third-order valence-electron chi connectivity index (χ3n) is 2.99. The van der Waals surface area contributed by atoms with E-state index in [0.717, 1.165) is 6.08 Å². The summed E-state index contributed by atoms with van der Waals surface area (Å²) in [5.41, 5.74) is 0.349. The lowest BCUT2D eigenvalue weighted by Crippen LogP contribution is -2.22. The number of benzene rings is 1. The number of aliphatic hydroxyl groups is 1.